The van der Waals surface area contributed by atoms with E-state index in [1.807, 2.05) is 34.2 Å². The number of benzene rings is 2. The molecular formula is C37H45N9O4. The summed E-state index contributed by atoms with van der Waals surface area (Å²) in [6, 6.07) is 16.1. The zero-order chi connectivity index (χ0) is 34.5. The molecule has 13 nitrogen and oxygen atoms in total. The van der Waals surface area contributed by atoms with Gasteiger partial charge in [0, 0.05) is 68.8 Å². The van der Waals surface area contributed by atoms with Gasteiger partial charge in [-0.25, -0.2) is 4.98 Å². The van der Waals surface area contributed by atoms with Crippen molar-refractivity contribution in [3.05, 3.63) is 84.4 Å². The Morgan fingerprint density at radius 2 is 1.66 bits per heavy atom. The van der Waals surface area contributed by atoms with Gasteiger partial charge in [0.05, 0.1) is 45.1 Å². The molecular weight excluding hydrogens is 634 g/mol. The first-order valence-electron chi connectivity index (χ1n) is 17.3. The summed E-state index contributed by atoms with van der Waals surface area (Å²) in [4.78, 5) is 30.3. The van der Waals surface area contributed by atoms with E-state index in [1.165, 1.54) is 5.56 Å². The summed E-state index contributed by atoms with van der Waals surface area (Å²) in [6.45, 7) is 7.49. The number of anilines is 1. The first-order valence-corrected chi connectivity index (χ1v) is 17.3. The molecule has 1 unspecified atom stereocenters. The number of aromatic nitrogens is 6. The van der Waals surface area contributed by atoms with Crippen LogP contribution in [0.1, 0.15) is 35.2 Å². The number of likely N-dealkylation sites (tertiary alicyclic amines) is 1. The number of amides is 1. The average molecular weight is 680 g/mol. The number of pyridine rings is 1. The number of carbonyl (C=O) groups is 1. The molecule has 2 aromatic carbocycles. The van der Waals surface area contributed by atoms with Crippen molar-refractivity contribution in [2.24, 2.45) is 0 Å². The number of methoxy groups -OCH3 is 3. The smallest absolute Gasteiger partial charge is 0.254 e. The molecule has 3 aromatic heterocycles. The summed E-state index contributed by atoms with van der Waals surface area (Å²) in [5.41, 5.74) is 3.71. The normalized spacial score (nSPS) is 18.4. The van der Waals surface area contributed by atoms with Crippen molar-refractivity contribution in [3.63, 3.8) is 0 Å². The van der Waals surface area contributed by atoms with Crippen LogP contribution < -0.4 is 19.1 Å². The molecule has 0 N–H and O–H groups in total. The van der Waals surface area contributed by atoms with Crippen molar-refractivity contribution in [1.29, 1.82) is 0 Å². The van der Waals surface area contributed by atoms with Gasteiger partial charge >= 0.3 is 0 Å². The van der Waals surface area contributed by atoms with Gasteiger partial charge in [0.25, 0.3) is 5.91 Å². The molecule has 1 atom stereocenters. The van der Waals surface area contributed by atoms with Crippen LogP contribution in [-0.4, -0.2) is 112 Å². The number of nitrogens with zero attached hydrogens (tertiary/aromatic N) is 9. The first-order chi connectivity index (χ1) is 24.5. The average Bonchev–Trinajstić information content (AvgIpc) is 3.89. The lowest BCUT2D eigenvalue weighted by Crippen LogP contribution is -2.39. The second-order valence-corrected chi connectivity index (χ2v) is 13.1. The fourth-order valence-electron chi connectivity index (χ4n) is 7.57. The topological polar surface area (TPSA) is 116 Å². The molecule has 5 aromatic rings. The maximum absolute atomic E-state index is 14.0. The highest BCUT2D eigenvalue weighted by molar-refractivity contribution is 5.96. The highest BCUT2D eigenvalue weighted by Gasteiger charge is 2.42. The summed E-state index contributed by atoms with van der Waals surface area (Å²) in [6.07, 6.45) is 10.2. The lowest BCUT2D eigenvalue weighted by molar-refractivity contribution is 0.0780. The van der Waals surface area contributed by atoms with Crippen LogP contribution in [0.4, 0.5) is 5.95 Å². The molecule has 2 aliphatic heterocycles. The molecule has 1 amide bonds. The van der Waals surface area contributed by atoms with Crippen LogP contribution in [0.15, 0.2) is 73.3 Å². The lowest BCUT2D eigenvalue weighted by Gasteiger charge is -2.33. The molecule has 262 valence electrons. The Labute approximate surface area is 292 Å². The van der Waals surface area contributed by atoms with Gasteiger partial charge in [-0.1, -0.05) is 17.3 Å². The van der Waals surface area contributed by atoms with Crippen LogP contribution in [0.5, 0.6) is 17.2 Å². The highest BCUT2D eigenvalue weighted by Crippen LogP contribution is 2.41. The predicted molar refractivity (Wildman–Crippen MR) is 190 cm³/mol. The van der Waals surface area contributed by atoms with Gasteiger partial charge < -0.3 is 33.5 Å². The van der Waals surface area contributed by atoms with Gasteiger partial charge in [-0.3, -0.25) is 14.5 Å². The minimum atomic E-state index is -0.180. The number of fused-ring (bicyclic) bond motifs is 1. The number of para-hydroxylation sites is 2. The van der Waals surface area contributed by atoms with Gasteiger partial charge in [-0.15, -0.1) is 5.10 Å². The molecule has 5 heterocycles. The summed E-state index contributed by atoms with van der Waals surface area (Å²) >= 11 is 0. The minimum Gasteiger partial charge on any atom is -0.493 e. The van der Waals surface area contributed by atoms with E-state index >= 15 is 0 Å². The van der Waals surface area contributed by atoms with E-state index in [2.05, 4.69) is 60.0 Å². The van der Waals surface area contributed by atoms with Gasteiger partial charge in [0.2, 0.25) is 11.7 Å². The van der Waals surface area contributed by atoms with Crippen LogP contribution in [0.3, 0.4) is 0 Å². The third kappa shape index (κ3) is 6.69. The highest BCUT2D eigenvalue weighted by atomic mass is 16.5. The van der Waals surface area contributed by atoms with Crippen LogP contribution in [0.25, 0.3) is 11.0 Å². The van der Waals surface area contributed by atoms with E-state index in [0.717, 1.165) is 82.1 Å². The zero-order valence-corrected chi connectivity index (χ0v) is 29.1. The molecule has 7 rings (SSSR count). The Bertz CT molecular complexity index is 1870. The maximum Gasteiger partial charge on any atom is 0.254 e. The van der Waals surface area contributed by atoms with E-state index in [4.69, 9.17) is 19.2 Å². The Morgan fingerprint density at radius 3 is 2.40 bits per heavy atom. The Kier molecular flexibility index (Phi) is 9.83. The van der Waals surface area contributed by atoms with Crippen molar-refractivity contribution in [3.8, 4) is 17.2 Å². The molecule has 2 saturated heterocycles. The fourth-order valence-corrected chi connectivity index (χ4v) is 7.57. The molecule has 0 saturated carbocycles. The molecule has 0 aliphatic carbocycles. The quantitative estimate of drug-likeness (QED) is 0.191. The van der Waals surface area contributed by atoms with Gasteiger partial charge in [-0.2, -0.15) is 0 Å². The SMILES string of the molecule is COc1cc(C(=O)N2CCC(CCN3CCCN(c4nc5ccccc5n4CCn4ccnn4)CC3)(c3ccncc3)C2)cc(OC)c1OC. The standard InChI is InChI=1S/C37H45N9O4/c1-48-32-25-28(26-33(49-2)34(32)50-3)35(47)44-19-12-37(27-44,29-9-13-38-14-10-29)11-18-42-16-6-17-43(22-21-42)36-40-30-7-4-5-8-31(30)46(36)24-23-45-20-15-39-41-45/h4-5,7-10,13-15,20,25-26H,6,11-12,16-19,21-24,27H2,1-3H3. The molecule has 0 radical (unpaired) electrons. The van der Waals surface area contributed by atoms with Crippen LogP contribution in [0.2, 0.25) is 0 Å². The number of imidazole rings is 1. The van der Waals surface area contributed by atoms with E-state index in [0.29, 0.717) is 35.9 Å². The van der Waals surface area contributed by atoms with E-state index in [1.54, 1.807) is 39.7 Å². The first kappa shape index (κ1) is 33.3. The van der Waals surface area contributed by atoms with Crippen molar-refractivity contribution in [1.82, 2.24) is 39.3 Å². The summed E-state index contributed by atoms with van der Waals surface area (Å²) < 4.78 is 20.8. The molecule has 50 heavy (non-hydrogen) atoms. The Hall–Kier alpha value is -5.17. The zero-order valence-electron chi connectivity index (χ0n) is 29.1. The summed E-state index contributed by atoms with van der Waals surface area (Å²) in [5.74, 6) is 2.38. The summed E-state index contributed by atoms with van der Waals surface area (Å²) in [5, 5.41) is 8.14. The lowest BCUT2D eigenvalue weighted by atomic mass is 9.77. The molecule has 13 heteroatoms. The van der Waals surface area contributed by atoms with Gasteiger partial charge in [0.1, 0.15) is 0 Å². The monoisotopic (exact) mass is 679 g/mol. The summed E-state index contributed by atoms with van der Waals surface area (Å²) in [7, 11) is 4.69. The number of hydrogen-bond donors (Lipinski definition) is 0. The van der Waals surface area contributed by atoms with Crippen LogP contribution in [-0.2, 0) is 18.5 Å². The minimum absolute atomic E-state index is 0.0442. The van der Waals surface area contributed by atoms with Crippen molar-refractivity contribution in [2.45, 2.75) is 37.8 Å². The fraction of sp³-hybridized carbons (Fsp3) is 0.432. The van der Waals surface area contributed by atoms with Crippen molar-refractivity contribution < 1.29 is 19.0 Å². The van der Waals surface area contributed by atoms with Gasteiger partial charge in [0.15, 0.2) is 11.5 Å². The number of ether oxygens (including phenoxy) is 3. The van der Waals surface area contributed by atoms with E-state index in [9.17, 15) is 4.79 Å². The van der Waals surface area contributed by atoms with E-state index in [-0.39, 0.29) is 11.3 Å². The Balaban J connectivity index is 1.06. The molecule has 2 fully saturated rings. The predicted octanol–water partition coefficient (Wildman–Crippen LogP) is 4.14. The molecule has 0 spiro atoms. The van der Waals surface area contributed by atoms with Crippen molar-refractivity contribution >= 4 is 22.9 Å². The number of carbonyl (C=O) groups excluding carboxylic acids is 1. The third-order valence-corrected chi connectivity index (χ3v) is 10.3. The number of hydrogen-bond acceptors (Lipinski definition) is 10. The van der Waals surface area contributed by atoms with Crippen LogP contribution in [0, 0.1) is 0 Å². The number of aryl methyl sites for hydroxylation is 2. The van der Waals surface area contributed by atoms with Crippen molar-refractivity contribution in [2.75, 3.05) is 72.0 Å². The molecule has 2 aliphatic rings. The molecule has 0 bridgehead atoms. The third-order valence-electron chi connectivity index (χ3n) is 10.3. The Morgan fingerprint density at radius 1 is 0.860 bits per heavy atom. The second-order valence-electron chi connectivity index (χ2n) is 13.1. The number of rotatable bonds is 12. The second kappa shape index (κ2) is 14.8. The largest absolute Gasteiger partial charge is 0.493 e. The van der Waals surface area contributed by atoms with E-state index < -0.39 is 0 Å². The van der Waals surface area contributed by atoms with Gasteiger partial charge in [-0.05, 0) is 74.3 Å². The van der Waals surface area contributed by atoms with Crippen LogP contribution >= 0.6 is 0 Å². The maximum atomic E-state index is 14.0.